The fourth-order valence-electron chi connectivity index (χ4n) is 2.92. The van der Waals surface area contributed by atoms with Crippen LogP contribution in [0.4, 0.5) is 8.78 Å². The summed E-state index contributed by atoms with van der Waals surface area (Å²) in [7, 11) is 0. The normalized spacial score (nSPS) is 17.6. The summed E-state index contributed by atoms with van der Waals surface area (Å²) in [5.41, 5.74) is 3.12. The fraction of sp³-hybridized carbons (Fsp3) is 0.294. The van der Waals surface area contributed by atoms with Crippen molar-refractivity contribution >= 4 is 11.8 Å². The third kappa shape index (κ3) is 2.35. The second kappa shape index (κ2) is 5.21. The standard InChI is InChI=1S/C17H16F2S/c1-10(2)17-14-7-12(18)4-3-11(14)9-20-16-6-5-13(19)8-15(16)17/h3-8,10,17H,9H2,1-2H3. The zero-order valence-electron chi connectivity index (χ0n) is 11.5. The molecule has 0 spiro atoms. The van der Waals surface area contributed by atoms with Crippen LogP contribution in [-0.2, 0) is 5.75 Å². The van der Waals surface area contributed by atoms with Crippen molar-refractivity contribution in [3.8, 4) is 0 Å². The molecule has 0 aliphatic carbocycles. The molecule has 1 heterocycles. The average molecular weight is 290 g/mol. The molecule has 20 heavy (non-hydrogen) atoms. The Bertz CT molecular complexity index is 596. The fourth-order valence-corrected chi connectivity index (χ4v) is 4.01. The van der Waals surface area contributed by atoms with Crippen molar-refractivity contribution in [2.75, 3.05) is 0 Å². The highest BCUT2D eigenvalue weighted by molar-refractivity contribution is 7.98. The van der Waals surface area contributed by atoms with E-state index in [1.54, 1.807) is 23.9 Å². The number of thioether (sulfide) groups is 1. The summed E-state index contributed by atoms with van der Waals surface area (Å²) in [5.74, 6) is 0.683. The van der Waals surface area contributed by atoms with Gasteiger partial charge in [-0.15, -0.1) is 11.8 Å². The average Bonchev–Trinajstić information content (AvgIpc) is 2.54. The van der Waals surface area contributed by atoms with E-state index in [1.165, 1.54) is 12.1 Å². The summed E-state index contributed by atoms with van der Waals surface area (Å²) in [6.07, 6.45) is 0. The molecule has 3 heteroatoms. The Hall–Kier alpha value is -1.35. The van der Waals surface area contributed by atoms with Crippen LogP contribution in [0.25, 0.3) is 0 Å². The molecule has 0 radical (unpaired) electrons. The molecule has 0 aromatic heterocycles. The van der Waals surface area contributed by atoms with Crippen molar-refractivity contribution in [2.24, 2.45) is 5.92 Å². The minimum absolute atomic E-state index is 0.0430. The second-order valence-corrected chi connectivity index (χ2v) is 6.55. The first-order valence-corrected chi connectivity index (χ1v) is 7.75. The lowest BCUT2D eigenvalue weighted by atomic mass is 9.81. The minimum Gasteiger partial charge on any atom is -0.207 e. The number of hydrogen-bond donors (Lipinski definition) is 0. The van der Waals surface area contributed by atoms with Gasteiger partial charge in [0.05, 0.1) is 0 Å². The summed E-state index contributed by atoms with van der Waals surface area (Å²) < 4.78 is 27.3. The van der Waals surface area contributed by atoms with Crippen LogP contribution in [0.3, 0.4) is 0 Å². The van der Waals surface area contributed by atoms with E-state index in [1.807, 2.05) is 12.1 Å². The van der Waals surface area contributed by atoms with E-state index in [0.29, 0.717) is 0 Å². The maximum Gasteiger partial charge on any atom is 0.123 e. The van der Waals surface area contributed by atoms with Gasteiger partial charge in [-0.05, 0) is 52.9 Å². The molecule has 2 aromatic carbocycles. The molecule has 0 saturated heterocycles. The molecular weight excluding hydrogens is 274 g/mol. The lowest BCUT2D eigenvalue weighted by Gasteiger charge is -2.23. The number of fused-ring (bicyclic) bond motifs is 2. The van der Waals surface area contributed by atoms with Crippen LogP contribution in [0.2, 0.25) is 0 Å². The van der Waals surface area contributed by atoms with Gasteiger partial charge in [0, 0.05) is 16.6 Å². The van der Waals surface area contributed by atoms with E-state index >= 15 is 0 Å². The van der Waals surface area contributed by atoms with E-state index < -0.39 is 0 Å². The van der Waals surface area contributed by atoms with Gasteiger partial charge in [0.25, 0.3) is 0 Å². The molecule has 1 aliphatic rings. The quantitative estimate of drug-likeness (QED) is 0.681. The molecule has 0 saturated carbocycles. The van der Waals surface area contributed by atoms with Crippen LogP contribution < -0.4 is 0 Å². The molecule has 1 aliphatic heterocycles. The first kappa shape index (κ1) is 13.6. The third-order valence-corrected chi connectivity index (χ3v) is 4.94. The van der Waals surface area contributed by atoms with Gasteiger partial charge < -0.3 is 0 Å². The van der Waals surface area contributed by atoms with E-state index in [2.05, 4.69) is 13.8 Å². The molecule has 104 valence electrons. The van der Waals surface area contributed by atoms with E-state index in [0.717, 1.165) is 27.3 Å². The number of benzene rings is 2. The SMILES string of the molecule is CC(C)C1c2cc(F)ccc2CSc2ccc(F)cc21. The highest BCUT2D eigenvalue weighted by Crippen LogP contribution is 2.44. The van der Waals surface area contributed by atoms with Crippen LogP contribution >= 0.6 is 11.8 Å². The van der Waals surface area contributed by atoms with Gasteiger partial charge in [0.15, 0.2) is 0 Å². The Morgan fingerprint density at radius 2 is 1.65 bits per heavy atom. The van der Waals surface area contributed by atoms with Gasteiger partial charge in [0.2, 0.25) is 0 Å². The maximum atomic E-state index is 13.6. The van der Waals surface area contributed by atoms with E-state index in [4.69, 9.17) is 0 Å². The van der Waals surface area contributed by atoms with Gasteiger partial charge in [-0.1, -0.05) is 19.9 Å². The largest absolute Gasteiger partial charge is 0.207 e. The smallest absolute Gasteiger partial charge is 0.123 e. The van der Waals surface area contributed by atoms with Crippen LogP contribution in [-0.4, -0.2) is 0 Å². The summed E-state index contributed by atoms with van der Waals surface area (Å²) in [4.78, 5) is 1.10. The zero-order valence-corrected chi connectivity index (χ0v) is 12.3. The molecule has 0 nitrogen and oxygen atoms in total. The van der Waals surface area contributed by atoms with Crippen molar-refractivity contribution in [1.29, 1.82) is 0 Å². The predicted molar refractivity (Wildman–Crippen MR) is 79.0 cm³/mol. The Balaban J connectivity index is 2.24. The summed E-state index contributed by atoms with van der Waals surface area (Å²) >= 11 is 1.70. The first-order valence-electron chi connectivity index (χ1n) is 6.77. The van der Waals surface area contributed by atoms with Gasteiger partial charge >= 0.3 is 0 Å². The number of hydrogen-bond acceptors (Lipinski definition) is 1. The Kier molecular flexibility index (Phi) is 3.55. The van der Waals surface area contributed by atoms with E-state index in [-0.39, 0.29) is 23.5 Å². The zero-order chi connectivity index (χ0) is 14.3. The van der Waals surface area contributed by atoms with Crippen LogP contribution in [0, 0.1) is 17.6 Å². The third-order valence-electron chi connectivity index (χ3n) is 3.80. The molecule has 1 unspecified atom stereocenters. The Labute approximate surface area is 122 Å². The van der Waals surface area contributed by atoms with Crippen molar-refractivity contribution in [3.63, 3.8) is 0 Å². The predicted octanol–water partition coefficient (Wildman–Crippen LogP) is 5.36. The summed E-state index contributed by atoms with van der Waals surface area (Å²) in [6, 6.07) is 9.92. The van der Waals surface area contributed by atoms with Crippen molar-refractivity contribution in [3.05, 3.63) is 64.7 Å². The van der Waals surface area contributed by atoms with Crippen LogP contribution in [0.15, 0.2) is 41.3 Å². The first-order chi connectivity index (χ1) is 9.56. The molecular formula is C17H16F2S. The van der Waals surface area contributed by atoms with Crippen molar-refractivity contribution in [2.45, 2.75) is 30.4 Å². The van der Waals surface area contributed by atoms with Crippen LogP contribution in [0.1, 0.15) is 36.5 Å². The molecule has 3 rings (SSSR count). The van der Waals surface area contributed by atoms with Crippen molar-refractivity contribution in [1.82, 2.24) is 0 Å². The lowest BCUT2D eigenvalue weighted by molar-refractivity contribution is 0.543. The van der Waals surface area contributed by atoms with Crippen LogP contribution in [0.5, 0.6) is 0 Å². The minimum atomic E-state index is -0.227. The summed E-state index contributed by atoms with van der Waals surface area (Å²) in [5, 5.41) is 0. The molecule has 0 amide bonds. The highest BCUT2D eigenvalue weighted by atomic mass is 32.2. The summed E-state index contributed by atoms with van der Waals surface area (Å²) in [6.45, 7) is 4.20. The van der Waals surface area contributed by atoms with E-state index in [9.17, 15) is 8.78 Å². The number of rotatable bonds is 1. The van der Waals surface area contributed by atoms with Gasteiger partial charge in [-0.3, -0.25) is 0 Å². The second-order valence-electron chi connectivity index (χ2n) is 5.54. The molecule has 0 fully saturated rings. The molecule has 0 bridgehead atoms. The Morgan fingerprint density at radius 3 is 2.35 bits per heavy atom. The molecule has 0 N–H and O–H groups in total. The van der Waals surface area contributed by atoms with Crippen molar-refractivity contribution < 1.29 is 8.78 Å². The van der Waals surface area contributed by atoms with Gasteiger partial charge in [-0.2, -0.15) is 0 Å². The van der Waals surface area contributed by atoms with Gasteiger partial charge in [0.1, 0.15) is 11.6 Å². The lowest BCUT2D eigenvalue weighted by Crippen LogP contribution is -2.11. The van der Waals surface area contributed by atoms with Gasteiger partial charge in [-0.25, -0.2) is 8.78 Å². The molecule has 1 atom stereocenters. The molecule has 2 aromatic rings. The number of halogens is 2. The monoisotopic (exact) mass is 290 g/mol. The highest BCUT2D eigenvalue weighted by Gasteiger charge is 2.27. The Morgan fingerprint density at radius 1 is 1.00 bits per heavy atom. The topological polar surface area (TPSA) is 0 Å². The maximum absolute atomic E-state index is 13.6.